The molecule has 1 N–H and O–H groups in total. The van der Waals surface area contributed by atoms with Crippen LogP contribution in [0.1, 0.15) is 49.9 Å². The molecule has 35 heavy (non-hydrogen) atoms. The van der Waals surface area contributed by atoms with Crippen LogP contribution in [0.3, 0.4) is 0 Å². The van der Waals surface area contributed by atoms with Crippen molar-refractivity contribution in [3.63, 3.8) is 0 Å². The SMILES string of the molecule is CCOc1ccc2c(c1)[C@H](N(CCN1CCOCC1)C(=S)Nc1cc(C)cc(C)c1)CC(C)(C)O2. The van der Waals surface area contributed by atoms with Crippen LogP contribution in [0.25, 0.3) is 0 Å². The van der Waals surface area contributed by atoms with E-state index in [0.717, 1.165) is 73.7 Å². The van der Waals surface area contributed by atoms with Crippen LogP contribution in [0.15, 0.2) is 36.4 Å². The maximum absolute atomic E-state index is 6.38. The summed E-state index contributed by atoms with van der Waals surface area (Å²) in [6, 6.07) is 12.7. The molecule has 0 bridgehead atoms. The predicted molar refractivity (Wildman–Crippen MR) is 146 cm³/mol. The summed E-state index contributed by atoms with van der Waals surface area (Å²) in [6.07, 6.45) is 0.827. The third-order valence-corrected chi connectivity index (χ3v) is 6.93. The van der Waals surface area contributed by atoms with Gasteiger partial charge in [0.05, 0.1) is 25.9 Å². The van der Waals surface area contributed by atoms with Gasteiger partial charge in [-0.2, -0.15) is 0 Å². The van der Waals surface area contributed by atoms with Gasteiger partial charge in [0.2, 0.25) is 0 Å². The molecule has 1 saturated heterocycles. The van der Waals surface area contributed by atoms with Crippen LogP contribution in [-0.2, 0) is 4.74 Å². The standard InChI is InChI=1S/C28H39N3O3S/c1-6-33-23-7-8-26-24(18-23)25(19-28(4,5)34-26)31(10-9-30-11-13-32-14-12-30)27(35)29-22-16-20(2)15-21(3)17-22/h7-8,15-18,25H,6,9-14,19H2,1-5H3,(H,29,35)/t25-/m1/s1. The van der Waals surface area contributed by atoms with Crippen LogP contribution in [-0.4, -0.2) is 66.5 Å². The Morgan fingerprint density at radius 2 is 1.86 bits per heavy atom. The molecular formula is C28H39N3O3S. The third kappa shape index (κ3) is 6.66. The topological polar surface area (TPSA) is 46.2 Å². The second-order valence-corrected chi connectivity index (χ2v) is 10.6. The van der Waals surface area contributed by atoms with Crippen LogP contribution in [0.5, 0.6) is 11.5 Å². The number of morpholine rings is 1. The molecule has 0 unspecified atom stereocenters. The molecule has 7 heteroatoms. The molecule has 2 aliphatic heterocycles. The van der Waals surface area contributed by atoms with Crippen LogP contribution in [0.4, 0.5) is 5.69 Å². The Kier molecular flexibility index (Phi) is 8.19. The molecule has 2 aromatic carbocycles. The number of hydrogen-bond acceptors (Lipinski definition) is 5. The molecule has 4 rings (SSSR count). The number of aryl methyl sites for hydroxylation is 2. The number of fused-ring (bicyclic) bond motifs is 1. The highest BCUT2D eigenvalue weighted by atomic mass is 32.1. The maximum atomic E-state index is 6.38. The lowest BCUT2D eigenvalue weighted by Crippen LogP contribution is -2.48. The van der Waals surface area contributed by atoms with E-state index in [1.165, 1.54) is 11.1 Å². The highest BCUT2D eigenvalue weighted by molar-refractivity contribution is 7.80. The van der Waals surface area contributed by atoms with E-state index >= 15 is 0 Å². The van der Waals surface area contributed by atoms with Gasteiger partial charge < -0.3 is 24.4 Å². The molecule has 2 aliphatic rings. The van der Waals surface area contributed by atoms with Gasteiger partial charge in [-0.05, 0) is 88.3 Å². The quantitative estimate of drug-likeness (QED) is 0.519. The highest BCUT2D eigenvalue weighted by Crippen LogP contribution is 2.44. The number of thiocarbonyl (C=S) groups is 1. The second-order valence-electron chi connectivity index (χ2n) is 10.2. The molecule has 0 radical (unpaired) electrons. The Hall–Kier alpha value is -2.35. The second kappa shape index (κ2) is 11.1. The molecule has 0 saturated carbocycles. The Morgan fingerprint density at radius 1 is 1.14 bits per heavy atom. The van der Waals surface area contributed by atoms with Gasteiger partial charge in [-0.3, -0.25) is 4.90 Å². The van der Waals surface area contributed by atoms with E-state index in [0.29, 0.717) is 6.61 Å². The largest absolute Gasteiger partial charge is 0.494 e. The summed E-state index contributed by atoms with van der Waals surface area (Å²) in [7, 11) is 0. The summed E-state index contributed by atoms with van der Waals surface area (Å²) in [4.78, 5) is 4.80. The Balaban J connectivity index is 1.66. The minimum absolute atomic E-state index is 0.0705. The first-order chi connectivity index (χ1) is 16.7. The summed E-state index contributed by atoms with van der Waals surface area (Å²) in [5.74, 6) is 1.76. The van der Waals surface area contributed by atoms with Gasteiger partial charge in [0, 0.05) is 43.9 Å². The number of nitrogens with zero attached hydrogens (tertiary/aromatic N) is 2. The van der Waals surface area contributed by atoms with Crippen molar-refractivity contribution in [2.45, 2.75) is 52.7 Å². The van der Waals surface area contributed by atoms with Crippen molar-refractivity contribution < 1.29 is 14.2 Å². The van der Waals surface area contributed by atoms with Crippen molar-refractivity contribution in [2.75, 3.05) is 51.3 Å². The number of hydrogen-bond donors (Lipinski definition) is 1. The number of rotatable bonds is 7. The van der Waals surface area contributed by atoms with Crippen LogP contribution >= 0.6 is 12.2 Å². The Bertz CT molecular complexity index is 1020. The fourth-order valence-electron chi connectivity index (χ4n) is 5.04. The molecular weight excluding hydrogens is 458 g/mol. The highest BCUT2D eigenvalue weighted by Gasteiger charge is 2.38. The van der Waals surface area contributed by atoms with Gasteiger partial charge in [-0.15, -0.1) is 0 Å². The van der Waals surface area contributed by atoms with Crippen molar-refractivity contribution >= 4 is 23.0 Å². The summed E-state index contributed by atoms with van der Waals surface area (Å²) in [6.45, 7) is 16.4. The van der Waals surface area contributed by atoms with Crippen molar-refractivity contribution in [2.24, 2.45) is 0 Å². The lowest BCUT2D eigenvalue weighted by molar-refractivity contribution is 0.0266. The predicted octanol–water partition coefficient (Wildman–Crippen LogP) is 5.34. The van der Waals surface area contributed by atoms with Crippen LogP contribution < -0.4 is 14.8 Å². The molecule has 0 spiro atoms. The average molecular weight is 498 g/mol. The average Bonchev–Trinajstić information content (AvgIpc) is 2.79. The first-order valence-electron chi connectivity index (χ1n) is 12.7. The third-order valence-electron chi connectivity index (χ3n) is 6.59. The van der Waals surface area contributed by atoms with E-state index in [-0.39, 0.29) is 11.6 Å². The zero-order valence-corrected chi connectivity index (χ0v) is 22.5. The molecule has 2 aromatic rings. The Labute approximate surface area is 215 Å². The van der Waals surface area contributed by atoms with E-state index < -0.39 is 0 Å². The normalized spacial score (nSPS) is 19.4. The lowest BCUT2D eigenvalue weighted by Gasteiger charge is -2.44. The number of anilines is 1. The molecule has 2 heterocycles. The summed E-state index contributed by atoms with van der Waals surface area (Å²) < 4.78 is 17.8. The van der Waals surface area contributed by atoms with E-state index in [9.17, 15) is 0 Å². The van der Waals surface area contributed by atoms with Gasteiger partial charge in [-0.25, -0.2) is 0 Å². The number of benzene rings is 2. The number of ether oxygens (including phenoxy) is 3. The fraction of sp³-hybridized carbons (Fsp3) is 0.536. The molecule has 1 fully saturated rings. The number of nitrogens with one attached hydrogen (secondary N) is 1. The first kappa shape index (κ1) is 25.7. The fourth-order valence-corrected chi connectivity index (χ4v) is 5.38. The monoisotopic (exact) mass is 497 g/mol. The van der Waals surface area contributed by atoms with E-state index in [4.69, 9.17) is 26.4 Å². The van der Waals surface area contributed by atoms with Crippen molar-refractivity contribution in [3.8, 4) is 11.5 Å². The van der Waals surface area contributed by atoms with Gasteiger partial charge >= 0.3 is 0 Å². The Morgan fingerprint density at radius 3 is 2.54 bits per heavy atom. The van der Waals surface area contributed by atoms with Crippen molar-refractivity contribution in [3.05, 3.63) is 53.1 Å². The van der Waals surface area contributed by atoms with Gasteiger partial charge in [0.15, 0.2) is 5.11 Å². The zero-order chi connectivity index (χ0) is 25.0. The molecule has 1 atom stereocenters. The minimum Gasteiger partial charge on any atom is -0.494 e. The molecule has 0 amide bonds. The van der Waals surface area contributed by atoms with E-state index in [2.05, 4.69) is 67.1 Å². The molecule has 6 nitrogen and oxygen atoms in total. The summed E-state index contributed by atoms with van der Waals surface area (Å²) in [5, 5.41) is 4.28. The van der Waals surface area contributed by atoms with E-state index in [1.54, 1.807) is 0 Å². The minimum atomic E-state index is -0.308. The van der Waals surface area contributed by atoms with Crippen LogP contribution in [0.2, 0.25) is 0 Å². The summed E-state index contributed by atoms with van der Waals surface area (Å²) in [5.41, 5.74) is 4.28. The molecule has 0 aromatic heterocycles. The van der Waals surface area contributed by atoms with Crippen LogP contribution in [0, 0.1) is 13.8 Å². The van der Waals surface area contributed by atoms with Gasteiger partial charge in [-0.1, -0.05) is 6.07 Å². The summed E-state index contributed by atoms with van der Waals surface area (Å²) >= 11 is 6.08. The van der Waals surface area contributed by atoms with Crippen molar-refractivity contribution in [1.82, 2.24) is 9.80 Å². The zero-order valence-electron chi connectivity index (χ0n) is 21.7. The maximum Gasteiger partial charge on any atom is 0.173 e. The van der Waals surface area contributed by atoms with Gasteiger partial charge in [0.25, 0.3) is 0 Å². The van der Waals surface area contributed by atoms with Crippen molar-refractivity contribution in [1.29, 1.82) is 0 Å². The smallest absolute Gasteiger partial charge is 0.173 e. The first-order valence-corrected chi connectivity index (χ1v) is 13.1. The molecule has 190 valence electrons. The lowest BCUT2D eigenvalue weighted by atomic mass is 9.88. The molecule has 0 aliphatic carbocycles. The van der Waals surface area contributed by atoms with E-state index in [1.807, 2.05) is 19.1 Å². The van der Waals surface area contributed by atoms with Gasteiger partial charge in [0.1, 0.15) is 17.1 Å².